The number of aliphatic hydroxyl groups is 2. The molecular formula is C38H66O6. The van der Waals surface area contributed by atoms with Gasteiger partial charge >= 0.3 is 11.9 Å². The SMILES string of the molecule is CCCCC/C=C\C=C/[C@@H](O)C/C=C\C/C=C/CCCC(=O)OC[C@@H](O)COC(=O)CCCCCCCCCCCCCC. The second-order valence-electron chi connectivity index (χ2n) is 11.8. The first-order valence-corrected chi connectivity index (χ1v) is 17.8. The lowest BCUT2D eigenvalue weighted by Gasteiger charge is -2.12. The number of hydrogen-bond donors (Lipinski definition) is 2. The van der Waals surface area contributed by atoms with Crippen molar-refractivity contribution in [3.63, 3.8) is 0 Å². The fourth-order valence-electron chi connectivity index (χ4n) is 4.63. The largest absolute Gasteiger partial charge is 0.463 e. The number of rotatable bonds is 31. The van der Waals surface area contributed by atoms with Gasteiger partial charge in [-0.1, -0.05) is 146 Å². The lowest BCUT2D eigenvalue weighted by molar-refractivity contribution is -0.152. The van der Waals surface area contributed by atoms with E-state index in [1.54, 1.807) is 0 Å². The van der Waals surface area contributed by atoms with Crippen LogP contribution >= 0.6 is 0 Å². The Labute approximate surface area is 270 Å². The smallest absolute Gasteiger partial charge is 0.305 e. The number of esters is 2. The number of carbonyl (C=O) groups excluding carboxylic acids is 2. The maximum Gasteiger partial charge on any atom is 0.305 e. The van der Waals surface area contributed by atoms with Crippen molar-refractivity contribution < 1.29 is 29.3 Å². The Bertz CT molecular complexity index is 769. The van der Waals surface area contributed by atoms with Crippen molar-refractivity contribution in [1.29, 1.82) is 0 Å². The summed E-state index contributed by atoms with van der Waals surface area (Å²) in [7, 11) is 0. The van der Waals surface area contributed by atoms with Gasteiger partial charge in [-0.15, -0.1) is 0 Å². The average Bonchev–Trinajstić information content (AvgIpc) is 3.02. The zero-order valence-electron chi connectivity index (χ0n) is 28.3. The van der Waals surface area contributed by atoms with Crippen molar-refractivity contribution in [2.45, 2.75) is 167 Å². The molecule has 0 spiro atoms. The molecule has 0 fully saturated rings. The Hall–Kier alpha value is -2.18. The monoisotopic (exact) mass is 618 g/mol. The molecule has 0 aliphatic rings. The van der Waals surface area contributed by atoms with Gasteiger partial charge in [0, 0.05) is 12.8 Å². The van der Waals surface area contributed by atoms with Crippen LogP contribution in [0.3, 0.4) is 0 Å². The Kier molecular flexibility index (Phi) is 32.0. The number of ether oxygens (including phenoxy) is 2. The predicted octanol–water partition coefficient (Wildman–Crippen LogP) is 9.64. The lowest BCUT2D eigenvalue weighted by Crippen LogP contribution is -2.25. The quantitative estimate of drug-likeness (QED) is 0.0348. The molecule has 0 unspecified atom stereocenters. The highest BCUT2D eigenvalue weighted by molar-refractivity contribution is 5.69. The third-order valence-corrected chi connectivity index (χ3v) is 7.40. The molecule has 2 N–H and O–H groups in total. The van der Waals surface area contributed by atoms with Crippen LogP contribution in [0.4, 0.5) is 0 Å². The summed E-state index contributed by atoms with van der Waals surface area (Å²) in [5, 5.41) is 19.9. The fraction of sp³-hybridized carbons (Fsp3) is 0.737. The van der Waals surface area contributed by atoms with Gasteiger partial charge in [-0.05, 0) is 44.9 Å². The average molecular weight is 619 g/mol. The topological polar surface area (TPSA) is 93.1 Å². The molecule has 0 aromatic heterocycles. The standard InChI is InChI=1S/C38H66O6/c1-3-5-7-9-11-12-13-14-15-19-23-27-31-37(41)43-33-36(40)34-44-38(42)32-28-24-20-16-18-22-26-30-35(39)29-25-21-17-10-8-6-4-2/h16-17,20-22,25-26,29,35-36,39-40H,3-15,18-19,23-24,27-28,30-34H2,1-2H3/b20-16+,21-17-,26-22-,29-25-/t35-,36+/m1/s1. The van der Waals surface area contributed by atoms with E-state index in [1.165, 1.54) is 77.0 Å². The number of hydrogen-bond acceptors (Lipinski definition) is 6. The maximum atomic E-state index is 11.9. The molecule has 0 aromatic rings. The molecule has 0 aromatic carbocycles. The summed E-state index contributed by atoms with van der Waals surface area (Å²) in [5.74, 6) is -0.670. The predicted molar refractivity (Wildman–Crippen MR) is 183 cm³/mol. The van der Waals surface area contributed by atoms with E-state index in [-0.39, 0.29) is 31.6 Å². The van der Waals surface area contributed by atoms with Crippen LogP contribution in [0, 0.1) is 0 Å². The van der Waals surface area contributed by atoms with Crippen molar-refractivity contribution in [3.05, 3.63) is 48.6 Å². The van der Waals surface area contributed by atoms with Gasteiger partial charge in [0.1, 0.15) is 19.3 Å². The van der Waals surface area contributed by atoms with Crippen LogP contribution in [0.25, 0.3) is 0 Å². The van der Waals surface area contributed by atoms with Gasteiger partial charge in [0.25, 0.3) is 0 Å². The molecule has 0 saturated carbocycles. The molecule has 6 nitrogen and oxygen atoms in total. The van der Waals surface area contributed by atoms with Crippen LogP contribution in [-0.4, -0.2) is 47.6 Å². The van der Waals surface area contributed by atoms with E-state index in [0.29, 0.717) is 19.3 Å². The summed E-state index contributed by atoms with van der Waals surface area (Å²) in [6.07, 6.45) is 37.6. The van der Waals surface area contributed by atoms with Gasteiger partial charge in [0.15, 0.2) is 0 Å². The highest BCUT2D eigenvalue weighted by Crippen LogP contribution is 2.13. The van der Waals surface area contributed by atoms with Gasteiger partial charge in [0.05, 0.1) is 6.10 Å². The summed E-state index contributed by atoms with van der Waals surface area (Å²) in [6, 6.07) is 0. The van der Waals surface area contributed by atoms with E-state index in [1.807, 2.05) is 42.5 Å². The van der Waals surface area contributed by atoms with Crippen molar-refractivity contribution in [2.75, 3.05) is 13.2 Å². The molecule has 0 aliphatic heterocycles. The molecular weight excluding hydrogens is 552 g/mol. The van der Waals surface area contributed by atoms with E-state index >= 15 is 0 Å². The van der Waals surface area contributed by atoms with Crippen LogP contribution in [0.2, 0.25) is 0 Å². The van der Waals surface area contributed by atoms with Crippen molar-refractivity contribution in [1.82, 2.24) is 0 Å². The molecule has 254 valence electrons. The number of unbranched alkanes of at least 4 members (excludes halogenated alkanes) is 15. The van der Waals surface area contributed by atoms with Crippen molar-refractivity contribution >= 4 is 11.9 Å². The molecule has 2 atom stereocenters. The molecule has 0 rings (SSSR count). The fourth-order valence-corrected chi connectivity index (χ4v) is 4.63. The Morgan fingerprint density at radius 2 is 1.07 bits per heavy atom. The zero-order valence-corrected chi connectivity index (χ0v) is 28.3. The highest BCUT2D eigenvalue weighted by Gasteiger charge is 2.12. The molecule has 0 bridgehead atoms. The van der Waals surface area contributed by atoms with Crippen LogP contribution in [0.1, 0.15) is 155 Å². The summed E-state index contributed by atoms with van der Waals surface area (Å²) in [5.41, 5.74) is 0. The summed E-state index contributed by atoms with van der Waals surface area (Å²) in [6.45, 7) is 4.13. The Morgan fingerprint density at radius 1 is 0.568 bits per heavy atom. The maximum absolute atomic E-state index is 11.9. The summed E-state index contributed by atoms with van der Waals surface area (Å²) in [4.78, 5) is 23.8. The third kappa shape index (κ3) is 32.7. The Balaban J connectivity index is 3.63. The van der Waals surface area contributed by atoms with Gasteiger partial charge in [0.2, 0.25) is 0 Å². The third-order valence-electron chi connectivity index (χ3n) is 7.40. The van der Waals surface area contributed by atoms with Gasteiger partial charge in [-0.25, -0.2) is 0 Å². The van der Waals surface area contributed by atoms with E-state index in [9.17, 15) is 19.8 Å². The first-order chi connectivity index (χ1) is 21.5. The zero-order chi connectivity index (χ0) is 32.4. The summed E-state index contributed by atoms with van der Waals surface area (Å²) >= 11 is 0. The van der Waals surface area contributed by atoms with E-state index in [4.69, 9.17) is 9.47 Å². The molecule has 44 heavy (non-hydrogen) atoms. The normalized spacial score (nSPS) is 13.5. The first kappa shape index (κ1) is 41.8. The second kappa shape index (κ2) is 33.7. The number of aliphatic hydroxyl groups excluding tert-OH is 2. The minimum absolute atomic E-state index is 0.149. The second-order valence-corrected chi connectivity index (χ2v) is 11.8. The molecule has 0 heterocycles. The van der Waals surface area contributed by atoms with Crippen LogP contribution in [0.5, 0.6) is 0 Å². The molecule has 0 radical (unpaired) electrons. The number of carbonyl (C=O) groups is 2. The minimum atomic E-state index is -1.00. The summed E-state index contributed by atoms with van der Waals surface area (Å²) < 4.78 is 10.2. The van der Waals surface area contributed by atoms with Gasteiger partial charge < -0.3 is 19.7 Å². The van der Waals surface area contributed by atoms with Crippen LogP contribution in [0.15, 0.2) is 48.6 Å². The molecule has 0 aliphatic carbocycles. The van der Waals surface area contributed by atoms with Crippen molar-refractivity contribution in [2.24, 2.45) is 0 Å². The lowest BCUT2D eigenvalue weighted by atomic mass is 10.0. The first-order valence-electron chi connectivity index (χ1n) is 17.8. The van der Waals surface area contributed by atoms with Crippen LogP contribution in [-0.2, 0) is 19.1 Å². The minimum Gasteiger partial charge on any atom is -0.463 e. The highest BCUT2D eigenvalue weighted by atomic mass is 16.6. The molecule has 0 amide bonds. The van der Waals surface area contributed by atoms with Gasteiger partial charge in [-0.3, -0.25) is 9.59 Å². The van der Waals surface area contributed by atoms with E-state index in [0.717, 1.165) is 38.5 Å². The van der Waals surface area contributed by atoms with E-state index < -0.39 is 12.2 Å². The van der Waals surface area contributed by atoms with Crippen molar-refractivity contribution in [3.8, 4) is 0 Å². The van der Waals surface area contributed by atoms with Crippen LogP contribution < -0.4 is 0 Å². The van der Waals surface area contributed by atoms with Gasteiger partial charge in [-0.2, -0.15) is 0 Å². The molecule has 6 heteroatoms. The Morgan fingerprint density at radius 3 is 1.68 bits per heavy atom. The van der Waals surface area contributed by atoms with E-state index in [2.05, 4.69) is 19.9 Å². The molecule has 0 saturated heterocycles. The number of allylic oxidation sites excluding steroid dienone is 6.